The zero-order valence-corrected chi connectivity index (χ0v) is 12.4. The quantitative estimate of drug-likeness (QED) is 0.810. The number of aromatic nitrogens is 1. The molecule has 3 nitrogen and oxygen atoms in total. The first-order chi connectivity index (χ1) is 9.84. The number of fused-ring (bicyclic) bond motifs is 1. The lowest BCUT2D eigenvalue weighted by atomic mass is 9.96. The molecular weight excluding hydrogens is 299 g/mol. The molecule has 1 fully saturated rings. The smallest absolute Gasteiger partial charge is 0.391 e. The molecule has 1 aliphatic heterocycles. The topological polar surface area (TPSA) is 42.2 Å². The molecule has 0 radical (unpaired) electrons. The molecule has 2 heterocycles. The molecule has 114 valence electrons. The minimum atomic E-state index is -4.09. The van der Waals surface area contributed by atoms with Crippen LogP contribution in [-0.4, -0.2) is 24.2 Å². The number of rotatable bonds is 1. The number of nitrogen functional groups attached to an aromatic ring is 1. The van der Waals surface area contributed by atoms with Gasteiger partial charge in [-0.05, 0) is 31.9 Å². The zero-order chi connectivity index (χ0) is 15.2. The maximum Gasteiger partial charge on any atom is 0.391 e. The Bertz CT molecular complexity index is 657. The fourth-order valence-electron chi connectivity index (χ4n) is 2.82. The number of aryl methyl sites for hydroxylation is 1. The van der Waals surface area contributed by atoms with Crippen molar-refractivity contribution in [3.05, 3.63) is 17.1 Å². The lowest BCUT2D eigenvalue weighted by Crippen LogP contribution is -2.39. The molecule has 0 aliphatic carbocycles. The summed E-state index contributed by atoms with van der Waals surface area (Å²) in [5.74, 6) is -1.19. The summed E-state index contributed by atoms with van der Waals surface area (Å²) in [5, 5.41) is 0.956. The van der Waals surface area contributed by atoms with Gasteiger partial charge in [0.15, 0.2) is 0 Å². The fourth-order valence-corrected chi connectivity index (χ4v) is 3.67. The largest absolute Gasteiger partial charge is 0.397 e. The average Bonchev–Trinajstić information content (AvgIpc) is 2.76. The molecule has 3 rings (SSSR count). The molecule has 0 saturated carbocycles. The van der Waals surface area contributed by atoms with E-state index < -0.39 is 12.1 Å². The minimum Gasteiger partial charge on any atom is -0.397 e. The number of nitrogens with two attached hydrogens (primary N) is 1. The minimum absolute atomic E-state index is 0.122. The van der Waals surface area contributed by atoms with Crippen LogP contribution < -0.4 is 10.6 Å². The van der Waals surface area contributed by atoms with Crippen molar-refractivity contribution >= 4 is 32.9 Å². The molecular formula is C14H16F3N3S. The Labute approximate surface area is 124 Å². The van der Waals surface area contributed by atoms with Crippen LogP contribution in [0.15, 0.2) is 12.1 Å². The molecule has 0 spiro atoms. The Hall–Kier alpha value is -1.50. The van der Waals surface area contributed by atoms with Crippen molar-refractivity contribution in [3.8, 4) is 0 Å². The van der Waals surface area contributed by atoms with E-state index >= 15 is 0 Å². The number of thiazole rings is 1. The Morgan fingerprint density at radius 1 is 1.29 bits per heavy atom. The highest BCUT2D eigenvalue weighted by Crippen LogP contribution is 2.38. The van der Waals surface area contributed by atoms with Gasteiger partial charge in [0.25, 0.3) is 0 Å². The Morgan fingerprint density at radius 3 is 2.57 bits per heavy atom. The molecule has 1 aliphatic rings. The third-order valence-electron chi connectivity index (χ3n) is 3.94. The molecule has 0 amide bonds. The number of halogens is 3. The van der Waals surface area contributed by atoms with Gasteiger partial charge in [0.1, 0.15) is 0 Å². The summed E-state index contributed by atoms with van der Waals surface area (Å²) in [5.41, 5.74) is 8.33. The summed E-state index contributed by atoms with van der Waals surface area (Å²) in [4.78, 5) is 6.36. The van der Waals surface area contributed by atoms with E-state index in [2.05, 4.69) is 4.98 Å². The van der Waals surface area contributed by atoms with Gasteiger partial charge in [-0.2, -0.15) is 13.2 Å². The van der Waals surface area contributed by atoms with Gasteiger partial charge in [-0.3, -0.25) is 0 Å². The molecule has 0 atom stereocenters. The van der Waals surface area contributed by atoms with Crippen LogP contribution in [-0.2, 0) is 0 Å². The van der Waals surface area contributed by atoms with Crippen LogP contribution in [0.2, 0.25) is 0 Å². The van der Waals surface area contributed by atoms with Gasteiger partial charge >= 0.3 is 6.18 Å². The molecule has 0 bridgehead atoms. The van der Waals surface area contributed by atoms with Crippen molar-refractivity contribution in [1.29, 1.82) is 0 Å². The molecule has 1 aromatic heterocycles. The molecule has 2 aromatic rings. The molecule has 7 heteroatoms. The van der Waals surface area contributed by atoms with Gasteiger partial charge < -0.3 is 10.6 Å². The number of piperidine rings is 1. The van der Waals surface area contributed by atoms with Crippen molar-refractivity contribution in [2.75, 3.05) is 23.7 Å². The Kier molecular flexibility index (Phi) is 3.47. The van der Waals surface area contributed by atoms with E-state index in [9.17, 15) is 13.2 Å². The van der Waals surface area contributed by atoms with Gasteiger partial charge in [-0.15, -0.1) is 11.3 Å². The van der Waals surface area contributed by atoms with Crippen LogP contribution in [0.5, 0.6) is 0 Å². The van der Waals surface area contributed by atoms with Crippen molar-refractivity contribution in [2.24, 2.45) is 5.92 Å². The second-order valence-corrected chi connectivity index (χ2v) is 6.65. The first-order valence-electron chi connectivity index (χ1n) is 6.83. The molecule has 2 N–H and O–H groups in total. The number of anilines is 2. The monoisotopic (exact) mass is 315 g/mol. The van der Waals surface area contributed by atoms with Gasteiger partial charge in [0.2, 0.25) is 0 Å². The average molecular weight is 315 g/mol. The number of nitrogens with zero attached hydrogens (tertiary/aromatic N) is 2. The predicted molar refractivity (Wildman–Crippen MR) is 79.8 cm³/mol. The van der Waals surface area contributed by atoms with Crippen LogP contribution in [0.1, 0.15) is 17.8 Å². The second-order valence-electron chi connectivity index (χ2n) is 5.41. The summed E-state index contributed by atoms with van der Waals surface area (Å²) in [7, 11) is 0. The van der Waals surface area contributed by atoms with Gasteiger partial charge in [-0.25, -0.2) is 4.98 Å². The van der Waals surface area contributed by atoms with E-state index in [1.807, 2.05) is 24.0 Å². The third kappa shape index (κ3) is 2.79. The highest BCUT2D eigenvalue weighted by atomic mass is 32.1. The summed E-state index contributed by atoms with van der Waals surface area (Å²) < 4.78 is 39.1. The lowest BCUT2D eigenvalue weighted by molar-refractivity contribution is -0.179. The second kappa shape index (κ2) is 5.05. The van der Waals surface area contributed by atoms with Crippen LogP contribution in [0.25, 0.3) is 10.2 Å². The van der Waals surface area contributed by atoms with Gasteiger partial charge in [-0.1, -0.05) is 0 Å². The summed E-state index contributed by atoms with van der Waals surface area (Å²) in [6.07, 6.45) is -3.85. The highest BCUT2D eigenvalue weighted by molar-refractivity contribution is 7.18. The summed E-state index contributed by atoms with van der Waals surface area (Å²) in [6, 6.07) is 3.76. The van der Waals surface area contributed by atoms with Crippen LogP contribution in [0, 0.1) is 12.8 Å². The van der Waals surface area contributed by atoms with E-state index in [-0.39, 0.29) is 12.8 Å². The van der Waals surface area contributed by atoms with E-state index in [1.54, 1.807) is 11.3 Å². The summed E-state index contributed by atoms with van der Waals surface area (Å²) >= 11 is 1.57. The van der Waals surface area contributed by atoms with E-state index in [1.165, 1.54) is 0 Å². The normalized spacial score (nSPS) is 17.6. The third-order valence-corrected chi connectivity index (χ3v) is 4.88. The van der Waals surface area contributed by atoms with Crippen LogP contribution in [0.3, 0.4) is 0 Å². The van der Waals surface area contributed by atoms with E-state index in [4.69, 9.17) is 5.73 Å². The standard InChI is InChI=1S/C14H16F3N3S/c1-8-19-11-7-12(10(18)6-13(11)21-8)20-4-2-9(3-5-20)14(15,16)17/h6-7,9H,2-5,18H2,1H3. The first kappa shape index (κ1) is 14.4. The number of benzene rings is 1. The van der Waals surface area contributed by atoms with E-state index in [0.717, 1.165) is 20.9 Å². The first-order valence-corrected chi connectivity index (χ1v) is 7.64. The number of alkyl halides is 3. The summed E-state index contributed by atoms with van der Waals surface area (Å²) in [6.45, 7) is 2.68. The van der Waals surface area contributed by atoms with Crippen LogP contribution in [0.4, 0.5) is 24.5 Å². The molecule has 1 aromatic carbocycles. The van der Waals surface area contributed by atoms with Crippen LogP contribution >= 0.6 is 11.3 Å². The molecule has 1 saturated heterocycles. The SMILES string of the molecule is Cc1nc2cc(N3CCC(C(F)(F)F)CC3)c(N)cc2s1. The Balaban J connectivity index is 1.83. The van der Waals surface area contributed by atoms with Gasteiger partial charge in [0.05, 0.1) is 32.5 Å². The van der Waals surface area contributed by atoms with Crippen molar-refractivity contribution in [1.82, 2.24) is 4.98 Å². The van der Waals surface area contributed by atoms with Crippen molar-refractivity contribution < 1.29 is 13.2 Å². The number of hydrogen-bond donors (Lipinski definition) is 1. The van der Waals surface area contributed by atoms with E-state index in [0.29, 0.717) is 18.8 Å². The van der Waals surface area contributed by atoms with Crippen molar-refractivity contribution in [2.45, 2.75) is 25.9 Å². The fraction of sp³-hybridized carbons (Fsp3) is 0.500. The lowest BCUT2D eigenvalue weighted by Gasteiger charge is -2.35. The maximum absolute atomic E-state index is 12.7. The zero-order valence-electron chi connectivity index (χ0n) is 11.6. The van der Waals surface area contributed by atoms with Crippen molar-refractivity contribution in [3.63, 3.8) is 0 Å². The highest BCUT2D eigenvalue weighted by Gasteiger charge is 2.41. The van der Waals surface area contributed by atoms with Gasteiger partial charge in [0, 0.05) is 13.1 Å². The molecule has 21 heavy (non-hydrogen) atoms. The number of hydrogen-bond acceptors (Lipinski definition) is 4. The maximum atomic E-state index is 12.7. The Morgan fingerprint density at radius 2 is 1.95 bits per heavy atom. The molecule has 0 unspecified atom stereocenters. The predicted octanol–water partition coefficient (Wildman–Crippen LogP) is 3.97.